The Kier molecular flexibility index (Phi) is 6.32. The summed E-state index contributed by atoms with van der Waals surface area (Å²) in [4.78, 5) is 32.5. The summed E-state index contributed by atoms with van der Waals surface area (Å²) in [5.74, 6) is -0.729. The van der Waals surface area contributed by atoms with Gasteiger partial charge in [-0.15, -0.1) is 0 Å². The van der Waals surface area contributed by atoms with Crippen LogP contribution < -0.4 is 21.5 Å². The fourth-order valence-electron chi connectivity index (χ4n) is 2.83. The van der Waals surface area contributed by atoms with Crippen molar-refractivity contribution in [3.8, 4) is 5.75 Å². The summed E-state index contributed by atoms with van der Waals surface area (Å²) < 4.78 is 25.7. The van der Waals surface area contributed by atoms with E-state index in [9.17, 15) is 23.1 Å². The van der Waals surface area contributed by atoms with Crippen molar-refractivity contribution in [2.45, 2.75) is 17.9 Å². The van der Waals surface area contributed by atoms with Gasteiger partial charge in [0.05, 0.1) is 29.6 Å². The van der Waals surface area contributed by atoms with E-state index in [1.165, 1.54) is 12.1 Å². The summed E-state index contributed by atoms with van der Waals surface area (Å²) in [5, 5.41) is 15.8. The van der Waals surface area contributed by atoms with Gasteiger partial charge < -0.3 is 15.7 Å². The summed E-state index contributed by atoms with van der Waals surface area (Å²) in [5.41, 5.74) is -1.17. The molecule has 0 radical (unpaired) electrons. The van der Waals surface area contributed by atoms with Crippen LogP contribution in [0.2, 0.25) is 5.02 Å². The zero-order valence-corrected chi connectivity index (χ0v) is 18.3. The lowest BCUT2D eigenvalue weighted by atomic mass is 10.1. The van der Waals surface area contributed by atoms with Crippen molar-refractivity contribution >= 4 is 38.7 Å². The maximum atomic E-state index is 12.6. The molecule has 0 aliphatic heterocycles. The number of rotatable bonds is 8. The van der Waals surface area contributed by atoms with Gasteiger partial charge in [-0.2, -0.15) is 0 Å². The van der Waals surface area contributed by atoms with Gasteiger partial charge in [-0.1, -0.05) is 22.1 Å². The molecule has 31 heavy (non-hydrogen) atoms. The van der Waals surface area contributed by atoms with E-state index < -0.39 is 37.6 Å². The Morgan fingerprint density at radius 2 is 1.84 bits per heavy atom. The Balaban J connectivity index is 1.96. The third kappa shape index (κ3) is 4.12. The van der Waals surface area contributed by atoms with Crippen molar-refractivity contribution < 1.29 is 18.4 Å². The van der Waals surface area contributed by atoms with E-state index in [0.29, 0.717) is 10.2 Å². The molecule has 0 aliphatic rings. The average molecular weight is 467 g/mol. The predicted molar refractivity (Wildman–Crippen MR) is 116 cm³/mol. The normalized spacial score (nSPS) is 12.8. The maximum Gasteiger partial charge on any atom is 0.269 e. The number of nitrogens with zero attached hydrogens (tertiary/aromatic N) is 2. The van der Waals surface area contributed by atoms with Crippen LogP contribution in [0.5, 0.6) is 5.75 Å². The third-order valence-corrected chi connectivity index (χ3v) is 6.78. The Bertz CT molecular complexity index is 1290. The molecule has 0 unspecified atom stereocenters. The minimum Gasteiger partial charge on any atom is -0.504 e. The summed E-state index contributed by atoms with van der Waals surface area (Å²) in [6.45, 7) is 1.76. The van der Waals surface area contributed by atoms with E-state index in [-0.39, 0.29) is 22.1 Å². The second-order valence-electron chi connectivity index (χ2n) is 6.52. The number of nitrogens with one attached hydrogen (secondary N) is 2. The van der Waals surface area contributed by atoms with Crippen LogP contribution in [-0.4, -0.2) is 37.1 Å². The van der Waals surface area contributed by atoms with E-state index in [2.05, 4.69) is 15.6 Å². The van der Waals surface area contributed by atoms with Gasteiger partial charge in [0, 0.05) is 13.2 Å². The Hall–Kier alpha value is -2.99. The van der Waals surface area contributed by atoms with Crippen LogP contribution in [0.3, 0.4) is 0 Å². The molecule has 0 fully saturated rings. The van der Waals surface area contributed by atoms with Crippen LogP contribution in [0.1, 0.15) is 18.7 Å². The topological polar surface area (TPSA) is 138 Å². The first kappa shape index (κ1) is 22.7. The molecule has 0 saturated carbocycles. The number of hydroxylamine groups is 1. The first-order valence-corrected chi connectivity index (χ1v) is 10.7. The zero-order valence-electron chi connectivity index (χ0n) is 16.7. The van der Waals surface area contributed by atoms with E-state index in [1.807, 2.05) is 0 Å². The van der Waals surface area contributed by atoms with Crippen LogP contribution in [0, 0.1) is 0 Å². The molecule has 10 nitrogen and oxygen atoms in total. The summed E-state index contributed by atoms with van der Waals surface area (Å²) in [7, 11) is -2.03. The van der Waals surface area contributed by atoms with Gasteiger partial charge in [-0.05, 0) is 31.2 Å². The first-order chi connectivity index (χ1) is 14.6. The van der Waals surface area contributed by atoms with Gasteiger partial charge in [0.25, 0.3) is 20.9 Å². The van der Waals surface area contributed by atoms with E-state index in [0.717, 1.165) is 14.2 Å². The number of sulfonamides is 1. The number of pyridine rings is 1. The molecular weight excluding hydrogens is 448 g/mol. The molecule has 0 amide bonds. The zero-order chi connectivity index (χ0) is 22.9. The molecule has 0 aliphatic carbocycles. The van der Waals surface area contributed by atoms with Crippen molar-refractivity contribution in [1.29, 1.82) is 0 Å². The SMILES string of the molecule is CON(C)S(=O)(=O)c1c(Cl)ccc(Nc2c(N[C@H](C)c3ccccn3)c(=O)c2=O)c1O. The Morgan fingerprint density at radius 1 is 1.16 bits per heavy atom. The van der Waals surface area contributed by atoms with Gasteiger partial charge in [0.1, 0.15) is 16.3 Å². The van der Waals surface area contributed by atoms with Gasteiger partial charge in [0.15, 0.2) is 5.75 Å². The number of phenols is 1. The Labute approximate surface area is 182 Å². The van der Waals surface area contributed by atoms with E-state index >= 15 is 0 Å². The number of benzene rings is 1. The highest BCUT2D eigenvalue weighted by molar-refractivity contribution is 7.89. The number of aromatic hydroxyl groups is 1. The largest absolute Gasteiger partial charge is 0.504 e. The molecule has 0 spiro atoms. The highest BCUT2D eigenvalue weighted by atomic mass is 35.5. The van der Waals surface area contributed by atoms with Crippen molar-refractivity contribution in [2.75, 3.05) is 24.8 Å². The second-order valence-corrected chi connectivity index (χ2v) is 8.80. The quantitative estimate of drug-likeness (QED) is 0.259. The fraction of sp³-hybridized carbons (Fsp3) is 0.211. The molecule has 1 atom stereocenters. The molecule has 2 aromatic carbocycles. The van der Waals surface area contributed by atoms with Crippen LogP contribution in [0.15, 0.2) is 51.0 Å². The van der Waals surface area contributed by atoms with Crippen LogP contribution in [0.25, 0.3) is 0 Å². The molecule has 0 bridgehead atoms. The van der Waals surface area contributed by atoms with Crippen LogP contribution in [-0.2, 0) is 14.9 Å². The monoisotopic (exact) mass is 466 g/mol. The van der Waals surface area contributed by atoms with Gasteiger partial charge in [0.2, 0.25) is 0 Å². The summed E-state index contributed by atoms with van der Waals surface area (Å²) in [6, 6.07) is 7.41. The second kappa shape index (κ2) is 8.63. The highest BCUT2D eigenvalue weighted by Gasteiger charge is 2.31. The molecule has 0 saturated heterocycles. The lowest BCUT2D eigenvalue weighted by molar-refractivity contribution is -0.0259. The van der Waals surface area contributed by atoms with Crippen molar-refractivity contribution in [3.05, 3.63) is 67.7 Å². The number of hydrogen-bond acceptors (Lipinski definition) is 9. The maximum absolute atomic E-state index is 12.6. The minimum atomic E-state index is -4.29. The molecule has 12 heteroatoms. The standard InChI is InChI=1S/C19H19ClN4O6S/c1-10(12-6-4-5-9-21-12)22-14-15(18(27)17(14)26)23-13-8-7-11(20)19(16(13)25)31(28,29)24(2)30-3/h4-10,22-23,25H,1-3H3/t10-/m1/s1. The summed E-state index contributed by atoms with van der Waals surface area (Å²) in [6.07, 6.45) is 1.60. The van der Waals surface area contributed by atoms with E-state index in [1.54, 1.807) is 31.3 Å². The minimum absolute atomic E-state index is 0.00378. The van der Waals surface area contributed by atoms with Crippen LogP contribution in [0.4, 0.5) is 17.1 Å². The molecular formula is C19H19ClN4O6S. The van der Waals surface area contributed by atoms with Crippen molar-refractivity contribution in [1.82, 2.24) is 9.45 Å². The highest BCUT2D eigenvalue weighted by Crippen LogP contribution is 2.40. The smallest absolute Gasteiger partial charge is 0.269 e. The van der Waals surface area contributed by atoms with Crippen molar-refractivity contribution in [2.24, 2.45) is 0 Å². The molecule has 1 heterocycles. The van der Waals surface area contributed by atoms with Crippen molar-refractivity contribution in [3.63, 3.8) is 0 Å². The number of hydrogen-bond donors (Lipinski definition) is 3. The fourth-order valence-corrected chi connectivity index (χ4v) is 4.39. The lowest BCUT2D eigenvalue weighted by Gasteiger charge is -2.21. The predicted octanol–water partition coefficient (Wildman–Crippen LogP) is 2.14. The molecule has 3 N–H and O–H groups in total. The average Bonchev–Trinajstić information content (AvgIpc) is 2.76. The van der Waals surface area contributed by atoms with Gasteiger partial charge >= 0.3 is 0 Å². The lowest BCUT2D eigenvalue weighted by Crippen LogP contribution is -2.37. The third-order valence-electron chi connectivity index (χ3n) is 4.60. The molecule has 164 valence electrons. The number of phenolic OH excluding ortho intramolecular Hbond substituents is 1. The molecule has 1 aromatic heterocycles. The molecule has 3 rings (SSSR count). The number of halogens is 1. The van der Waals surface area contributed by atoms with Gasteiger partial charge in [-0.3, -0.25) is 19.4 Å². The summed E-state index contributed by atoms with van der Waals surface area (Å²) >= 11 is 5.99. The van der Waals surface area contributed by atoms with Crippen LogP contribution >= 0.6 is 11.6 Å². The molecule has 3 aromatic rings. The number of aromatic nitrogens is 1. The number of anilines is 3. The van der Waals surface area contributed by atoms with E-state index in [4.69, 9.17) is 16.4 Å². The Morgan fingerprint density at radius 3 is 2.45 bits per heavy atom. The van der Waals surface area contributed by atoms with Gasteiger partial charge in [-0.25, -0.2) is 8.42 Å². The first-order valence-electron chi connectivity index (χ1n) is 8.91.